The van der Waals surface area contributed by atoms with Gasteiger partial charge in [0.1, 0.15) is 0 Å². The van der Waals surface area contributed by atoms with Crippen LogP contribution in [0.1, 0.15) is 5.56 Å². The lowest BCUT2D eigenvalue weighted by Gasteiger charge is -2.06. The molecule has 4 nitrogen and oxygen atoms in total. The first-order valence-corrected chi connectivity index (χ1v) is 6.88. The lowest BCUT2D eigenvalue weighted by Crippen LogP contribution is -2.28. The topological polar surface area (TPSA) is 57.6 Å². The van der Waals surface area contributed by atoms with Crippen LogP contribution >= 0.6 is 35.0 Å². The second-order valence-electron chi connectivity index (χ2n) is 3.81. The molecular formula is C13H7Cl2NO3S. The lowest BCUT2D eigenvalue weighted by molar-refractivity contribution is -0.122. The second-order valence-corrected chi connectivity index (χ2v) is 5.61. The van der Waals surface area contributed by atoms with Gasteiger partial charge >= 0.3 is 0 Å². The van der Waals surface area contributed by atoms with E-state index in [1.807, 2.05) is 0 Å². The van der Waals surface area contributed by atoms with Gasteiger partial charge in [0.2, 0.25) is 0 Å². The minimum Gasteiger partial charge on any atom is -0.505 e. The van der Waals surface area contributed by atoms with Crippen molar-refractivity contribution >= 4 is 52.2 Å². The second kappa shape index (κ2) is 5.80. The number of carbonyl (C=O) groups excluding carboxylic acids is 2. The summed E-state index contributed by atoms with van der Waals surface area (Å²) in [6.45, 7) is -0.0703. The Labute approximate surface area is 129 Å². The summed E-state index contributed by atoms with van der Waals surface area (Å²) in [5, 5.41) is 9.16. The minimum atomic E-state index is -0.460. The van der Waals surface area contributed by atoms with Crippen LogP contribution in [0.2, 0.25) is 10.0 Å². The van der Waals surface area contributed by atoms with Crippen molar-refractivity contribution in [1.29, 1.82) is 0 Å². The van der Waals surface area contributed by atoms with Crippen LogP contribution < -0.4 is 0 Å². The van der Waals surface area contributed by atoms with Crippen molar-refractivity contribution in [2.24, 2.45) is 0 Å². The highest BCUT2D eigenvalue weighted by Gasteiger charge is 2.34. The highest BCUT2D eigenvalue weighted by Crippen LogP contribution is 2.36. The largest absolute Gasteiger partial charge is 0.505 e. The maximum Gasteiger partial charge on any atom is 0.294 e. The summed E-state index contributed by atoms with van der Waals surface area (Å²) < 4.78 is 0. The molecule has 1 aromatic carbocycles. The molecule has 20 heavy (non-hydrogen) atoms. The summed E-state index contributed by atoms with van der Waals surface area (Å²) in [7, 11) is 0. The Hall–Kier alpha value is -1.61. The average molecular weight is 328 g/mol. The van der Waals surface area contributed by atoms with Gasteiger partial charge in [-0.2, -0.15) is 0 Å². The number of imide groups is 1. The molecule has 0 saturated carbocycles. The maximum atomic E-state index is 12.0. The molecule has 2 amide bonds. The molecule has 1 fully saturated rings. The van der Waals surface area contributed by atoms with E-state index >= 15 is 0 Å². The van der Waals surface area contributed by atoms with E-state index in [2.05, 4.69) is 5.92 Å². The van der Waals surface area contributed by atoms with E-state index in [9.17, 15) is 14.7 Å². The Morgan fingerprint density at radius 3 is 2.50 bits per heavy atom. The summed E-state index contributed by atoms with van der Waals surface area (Å²) >= 11 is 12.4. The van der Waals surface area contributed by atoms with Crippen LogP contribution in [0.4, 0.5) is 4.79 Å². The quantitative estimate of drug-likeness (QED) is 0.668. The molecule has 0 unspecified atom stereocenters. The molecule has 0 aliphatic carbocycles. The van der Waals surface area contributed by atoms with Crippen LogP contribution in [-0.4, -0.2) is 27.7 Å². The molecule has 0 bridgehead atoms. The van der Waals surface area contributed by atoms with Crippen molar-refractivity contribution in [2.45, 2.75) is 0 Å². The van der Waals surface area contributed by atoms with E-state index < -0.39 is 11.1 Å². The predicted molar refractivity (Wildman–Crippen MR) is 79.6 cm³/mol. The molecule has 7 heteroatoms. The summed E-state index contributed by atoms with van der Waals surface area (Å²) in [5.41, 5.74) is 0.504. The first-order valence-electron chi connectivity index (χ1n) is 5.31. The Bertz CT molecular complexity index is 656. The molecular weight excluding hydrogens is 321 g/mol. The van der Waals surface area contributed by atoms with Crippen molar-refractivity contribution in [3.63, 3.8) is 0 Å². The van der Waals surface area contributed by atoms with Crippen LogP contribution in [0.15, 0.2) is 17.0 Å². The number of phenols is 1. The number of carbonyl (C=O) groups is 2. The monoisotopic (exact) mass is 327 g/mol. The van der Waals surface area contributed by atoms with E-state index in [0.29, 0.717) is 5.56 Å². The third-order valence-corrected chi connectivity index (χ3v) is 3.94. The van der Waals surface area contributed by atoms with Gasteiger partial charge in [-0.15, -0.1) is 6.42 Å². The number of benzene rings is 1. The standard InChI is InChI=1S/C13H7Cl2NO3S/c1-2-3-16-12(18)10(20-13(16)19)6-7-4-8(14)11(17)9(15)5-7/h1,4-6,17H,3H2/b10-6+. The van der Waals surface area contributed by atoms with Crippen molar-refractivity contribution in [2.75, 3.05) is 6.54 Å². The van der Waals surface area contributed by atoms with Gasteiger partial charge in [-0.1, -0.05) is 29.1 Å². The number of hydrogen-bond acceptors (Lipinski definition) is 4. The molecule has 1 aliphatic heterocycles. The number of rotatable bonds is 2. The number of terminal acetylenes is 1. The predicted octanol–water partition coefficient (Wildman–Crippen LogP) is 3.37. The van der Waals surface area contributed by atoms with E-state index in [0.717, 1.165) is 16.7 Å². The summed E-state index contributed by atoms with van der Waals surface area (Å²) in [6, 6.07) is 2.88. The summed E-state index contributed by atoms with van der Waals surface area (Å²) in [6.07, 6.45) is 6.57. The molecule has 1 saturated heterocycles. The maximum absolute atomic E-state index is 12.0. The molecule has 1 heterocycles. The number of aromatic hydroxyl groups is 1. The van der Waals surface area contributed by atoms with Gasteiger partial charge in [0.05, 0.1) is 21.5 Å². The third kappa shape index (κ3) is 2.78. The average Bonchev–Trinajstić information content (AvgIpc) is 2.64. The van der Waals surface area contributed by atoms with Gasteiger partial charge in [0.15, 0.2) is 5.75 Å². The van der Waals surface area contributed by atoms with Gasteiger partial charge in [-0.05, 0) is 35.5 Å². The highest BCUT2D eigenvalue weighted by atomic mass is 35.5. The van der Waals surface area contributed by atoms with Crippen LogP contribution in [0.5, 0.6) is 5.75 Å². The fraction of sp³-hybridized carbons (Fsp3) is 0.0769. The SMILES string of the molecule is C#CCN1C(=O)S/C(=C/c2cc(Cl)c(O)c(Cl)c2)C1=O. The van der Waals surface area contributed by atoms with Crippen molar-refractivity contribution < 1.29 is 14.7 Å². The van der Waals surface area contributed by atoms with E-state index in [1.54, 1.807) is 0 Å². The van der Waals surface area contributed by atoms with E-state index in [4.69, 9.17) is 29.6 Å². The Morgan fingerprint density at radius 2 is 1.95 bits per heavy atom. The third-order valence-electron chi connectivity index (χ3n) is 2.46. The zero-order valence-electron chi connectivity index (χ0n) is 9.89. The first-order chi connectivity index (χ1) is 9.43. The number of nitrogens with zero attached hydrogens (tertiary/aromatic N) is 1. The molecule has 1 aliphatic rings. The van der Waals surface area contributed by atoms with Crippen LogP contribution in [0.25, 0.3) is 6.08 Å². The Balaban J connectivity index is 2.36. The van der Waals surface area contributed by atoms with Crippen LogP contribution in [0.3, 0.4) is 0 Å². The number of halogens is 2. The number of amides is 2. The van der Waals surface area contributed by atoms with Gasteiger partial charge in [-0.25, -0.2) is 0 Å². The van der Waals surface area contributed by atoms with Gasteiger partial charge in [0, 0.05) is 0 Å². The number of phenolic OH excluding ortho intramolecular Hbond substituents is 1. The number of thioether (sulfide) groups is 1. The molecule has 2 rings (SSSR count). The molecule has 1 aromatic rings. The normalized spacial score (nSPS) is 16.9. The lowest BCUT2D eigenvalue weighted by atomic mass is 10.2. The fourth-order valence-corrected chi connectivity index (χ4v) is 2.89. The molecule has 0 aromatic heterocycles. The Kier molecular flexibility index (Phi) is 4.29. The van der Waals surface area contributed by atoms with Gasteiger partial charge in [0.25, 0.3) is 11.1 Å². The minimum absolute atomic E-state index is 0.0617. The Morgan fingerprint density at radius 1 is 1.35 bits per heavy atom. The highest BCUT2D eigenvalue weighted by molar-refractivity contribution is 8.18. The van der Waals surface area contributed by atoms with Crippen molar-refractivity contribution in [3.05, 3.63) is 32.6 Å². The zero-order chi connectivity index (χ0) is 14.9. The van der Waals surface area contributed by atoms with E-state index in [1.165, 1.54) is 18.2 Å². The zero-order valence-corrected chi connectivity index (χ0v) is 12.2. The van der Waals surface area contributed by atoms with Crippen molar-refractivity contribution in [3.8, 4) is 18.1 Å². The summed E-state index contributed by atoms with van der Waals surface area (Å²) in [5.74, 6) is 1.56. The molecule has 0 atom stereocenters. The van der Waals surface area contributed by atoms with E-state index in [-0.39, 0.29) is 27.2 Å². The van der Waals surface area contributed by atoms with Gasteiger partial charge < -0.3 is 5.11 Å². The smallest absolute Gasteiger partial charge is 0.294 e. The first kappa shape index (κ1) is 14.8. The van der Waals surface area contributed by atoms with Crippen LogP contribution in [-0.2, 0) is 4.79 Å². The number of hydrogen-bond donors (Lipinski definition) is 1. The molecule has 0 radical (unpaired) electrons. The summed E-state index contributed by atoms with van der Waals surface area (Å²) in [4.78, 5) is 24.8. The molecule has 1 N–H and O–H groups in total. The van der Waals surface area contributed by atoms with Crippen LogP contribution in [0, 0.1) is 12.3 Å². The molecule has 102 valence electrons. The molecule has 0 spiro atoms. The van der Waals surface area contributed by atoms with Gasteiger partial charge in [-0.3, -0.25) is 14.5 Å². The fourth-order valence-electron chi connectivity index (χ4n) is 1.55. The van der Waals surface area contributed by atoms with Crippen molar-refractivity contribution in [1.82, 2.24) is 4.90 Å².